The van der Waals surface area contributed by atoms with Gasteiger partial charge in [0.15, 0.2) is 6.61 Å². The number of hydrogen-bond acceptors (Lipinski definition) is 6. The van der Waals surface area contributed by atoms with Gasteiger partial charge >= 0.3 is 5.97 Å². The van der Waals surface area contributed by atoms with E-state index in [1.54, 1.807) is 4.90 Å². The van der Waals surface area contributed by atoms with Crippen molar-refractivity contribution in [3.8, 4) is 0 Å². The van der Waals surface area contributed by atoms with Gasteiger partial charge in [0, 0.05) is 25.2 Å². The van der Waals surface area contributed by atoms with E-state index in [9.17, 15) is 18.0 Å². The molecule has 0 bridgehead atoms. The number of carbonyl (C=O) groups is 2. The third-order valence-electron chi connectivity index (χ3n) is 4.65. The highest BCUT2D eigenvalue weighted by Crippen LogP contribution is 2.15. The Morgan fingerprint density at radius 2 is 1.79 bits per heavy atom. The molecule has 9 heteroatoms. The number of hydrogen-bond donors (Lipinski definition) is 1. The number of ether oxygens (including phenoxy) is 2. The molecule has 8 nitrogen and oxygen atoms in total. The van der Waals surface area contributed by atoms with E-state index < -0.39 is 16.0 Å². The van der Waals surface area contributed by atoms with Crippen molar-refractivity contribution in [3.63, 3.8) is 0 Å². The zero-order valence-electron chi connectivity index (χ0n) is 17.4. The fourth-order valence-corrected chi connectivity index (χ4v) is 4.39. The molecule has 162 valence electrons. The Morgan fingerprint density at radius 3 is 2.31 bits per heavy atom. The molecule has 1 aliphatic heterocycles. The lowest BCUT2D eigenvalue weighted by molar-refractivity contribution is -0.138. The van der Waals surface area contributed by atoms with E-state index in [1.807, 2.05) is 27.7 Å². The zero-order valence-corrected chi connectivity index (χ0v) is 18.2. The van der Waals surface area contributed by atoms with E-state index in [0.717, 1.165) is 12.8 Å². The number of benzene rings is 1. The molecule has 1 aliphatic rings. The average Bonchev–Trinajstić information content (AvgIpc) is 3.18. The van der Waals surface area contributed by atoms with Gasteiger partial charge in [0.05, 0.1) is 16.6 Å². The molecule has 1 fully saturated rings. The Labute approximate surface area is 172 Å². The topological polar surface area (TPSA) is 102 Å². The van der Waals surface area contributed by atoms with Gasteiger partial charge in [-0.25, -0.2) is 17.9 Å². The summed E-state index contributed by atoms with van der Waals surface area (Å²) in [5.41, 5.74) is 0.177. The largest absolute Gasteiger partial charge is 0.452 e. The average molecular weight is 427 g/mol. The first-order valence-electron chi connectivity index (χ1n) is 9.81. The summed E-state index contributed by atoms with van der Waals surface area (Å²) in [5, 5.41) is 0. The highest BCUT2D eigenvalue weighted by Gasteiger charge is 2.23. The molecule has 1 aromatic rings. The molecule has 29 heavy (non-hydrogen) atoms. The van der Waals surface area contributed by atoms with E-state index in [0.29, 0.717) is 6.61 Å². The van der Waals surface area contributed by atoms with Crippen LogP contribution in [0.3, 0.4) is 0 Å². The van der Waals surface area contributed by atoms with E-state index in [-0.39, 0.29) is 47.7 Å². The summed E-state index contributed by atoms with van der Waals surface area (Å²) in [6.07, 6.45) is 1.65. The molecule has 1 atom stereocenters. The number of amides is 1. The summed E-state index contributed by atoms with van der Waals surface area (Å²) in [4.78, 5) is 26.2. The number of nitrogens with zero attached hydrogens (tertiary/aromatic N) is 1. The monoisotopic (exact) mass is 426 g/mol. The first kappa shape index (κ1) is 23.3. The van der Waals surface area contributed by atoms with E-state index in [1.165, 1.54) is 24.3 Å². The summed E-state index contributed by atoms with van der Waals surface area (Å²) in [7, 11) is -3.69. The quantitative estimate of drug-likeness (QED) is 0.606. The van der Waals surface area contributed by atoms with Gasteiger partial charge in [0.25, 0.3) is 5.91 Å². The fourth-order valence-electron chi connectivity index (χ4n) is 3.32. The summed E-state index contributed by atoms with van der Waals surface area (Å²) >= 11 is 0. The van der Waals surface area contributed by atoms with Crippen LogP contribution in [0.15, 0.2) is 29.2 Å². The van der Waals surface area contributed by atoms with Crippen molar-refractivity contribution in [2.45, 2.75) is 63.6 Å². The molecule has 1 amide bonds. The van der Waals surface area contributed by atoms with Crippen molar-refractivity contribution in [2.75, 3.05) is 19.8 Å². The maximum absolute atomic E-state index is 12.4. The maximum Gasteiger partial charge on any atom is 0.338 e. The third-order valence-corrected chi connectivity index (χ3v) is 6.09. The predicted molar refractivity (Wildman–Crippen MR) is 108 cm³/mol. The predicted octanol–water partition coefficient (Wildman–Crippen LogP) is 1.95. The normalized spacial score (nSPS) is 17.0. The van der Waals surface area contributed by atoms with E-state index in [4.69, 9.17) is 9.47 Å². The van der Waals surface area contributed by atoms with E-state index in [2.05, 4.69) is 4.72 Å². The number of rotatable bonds is 9. The molecule has 0 aliphatic carbocycles. The van der Waals surface area contributed by atoms with Crippen molar-refractivity contribution in [2.24, 2.45) is 0 Å². The molecule has 2 rings (SSSR count). The Hall–Kier alpha value is -1.97. The van der Waals surface area contributed by atoms with Crippen LogP contribution in [-0.2, 0) is 24.3 Å². The molecule has 0 unspecified atom stereocenters. The minimum atomic E-state index is -3.69. The SMILES string of the molecule is CC(C)N(C(=O)COC(=O)c1ccc(S(=O)(=O)NC[C@H]2CCCO2)cc1)C(C)C. The molecule has 1 aromatic carbocycles. The van der Waals surface area contributed by atoms with Gasteiger partial charge in [-0.2, -0.15) is 0 Å². The number of carbonyl (C=O) groups excluding carboxylic acids is 2. The minimum absolute atomic E-state index is 0.00664. The molecular formula is C20H30N2O6S. The van der Waals surface area contributed by atoms with Crippen LogP contribution in [0.1, 0.15) is 50.9 Å². The summed E-state index contributed by atoms with van der Waals surface area (Å²) in [6, 6.07) is 5.41. The Balaban J connectivity index is 1.93. The first-order valence-corrected chi connectivity index (χ1v) is 11.3. The van der Waals surface area contributed by atoms with Crippen LogP contribution in [0.2, 0.25) is 0 Å². The summed E-state index contributed by atoms with van der Waals surface area (Å²) in [6.45, 7) is 8.08. The molecule has 0 radical (unpaired) electrons. The van der Waals surface area contributed by atoms with E-state index >= 15 is 0 Å². The van der Waals surface area contributed by atoms with Gasteiger partial charge in [-0.1, -0.05) is 0 Å². The van der Waals surface area contributed by atoms with Gasteiger partial charge in [0.2, 0.25) is 10.0 Å². The molecule has 1 heterocycles. The summed E-state index contributed by atoms with van der Waals surface area (Å²) < 4.78 is 37.7. The lowest BCUT2D eigenvalue weighted by Gasteiger charge is -2.30. The number of sulfonamides is 1. The van der Waals surface area contributed by atoms with Gasteiger partial charge < -0.3 is 14.4 Å². The molecule has 0 aromatic heterocycles. The van der Waals surface area contributed by atoms with Crippen LogP contribution in [0.4, 0.5) is 0 Å². The Bertz CT molecular complexity index is 791. The number of nitrogens with one attached hydrogen (secondary N) is 1. The fraction of sp³-hybridized carbons (Fsp3) is 0.600. The third kappa shape index (κ3) is 6.52. The van der Waals surface area contributed by atoms with Crippen LogP contribution in [-0.4, -0.2) is 63.1 Å². The molecule has 0 spiro atoms. The second-order valence-electron chi connectivity index (χ2n) is 7.58. The molecule has 1 saturated heterocycles. The van der Waals surface area contributed by atoms with Crippen LogP contribution < -0.4 is 4.72 Å². The minimum Gasteiger partial charge on any atom is -0.452 e. The van der Waals surface area contributed by atoms with Crippen molar-refractivity contribution in [1.29, 1.82) is 0 Å². The Kier molecular flexibility index (Phi) is 8.18. The standard InChI is InChI=1S/C20H30N2O6S/c1-14(2)22(15(3)4)19(23)13-28-20(24)16-7-9-18(10-8-16)29(25,26)21-12-17-6-5-11-27-17/h7-10,14-15,17,21H,5-6,11-13H2,1-4H3/t17-/m1/s1. The molecule has 1 N–H and O–H groups in total. The summed E-state index contributed by atoms with van der Waals surface area (Å²) in [5.74, 6) is -0.956. The highest BCUT2D eigenvalue weighted by atomic mass is 32.2. The second kappa shape index (κ2) is 10.2. The van der Waals surface area contributed by atoms with Gasteiger partial charge in [-0.15, -0.1) is 0 Å². The highest BCUT2D eigenvalue weighted by molar-refractivity contribution is 7.89. The van der Waals surface area contributed by atoms with Crippen LogP contribution >= 0.6 is 0 Å². The Morgan fingerprint density at radius 1 is 1.17 bits per heavy atom. The smallest absolute Gasteiger partial charge is 0.338 e. The van der Waals surface area contributed by atoms with Crippen molar-refractivity contribution < 1.29 is 27.5 Å². The zero-order chi connectivity index (χ0) is 21.6. The van der Waals surface area contributed by atoms with Gasteiger partial charge in [-0.05, 0) is 64.8 Å². The lowest BCUT2D eigenvalue weighted by Crippen LogP contribution is -2.44. The molecule has 0 saturated carbocycles. The van der Waals surface area contributed by atoms with Crippen LogP contribution in [0, 0.1) is 0 Å². The van der Waals surface area contributed by atoms with Crippen LogP contribution in [0.25, 0.3) is 0 Å². The van der Waals surface area contributed by atoms with Gasteiger partial charge in [-0.3, -0.25) is 4.79 Å². The van der Waals surface area contributed by atoms with Crippen molar-refractivity contribution >= 4 is 21.9 Å². The lowest BCUT2D eigenvalue weighted by atomic mass is 10.2. The molecular weight excluding hydrogens is 396 g/mol. The maximum atomic E-state index is 12.4. The van der Waals surface area contributed by atoms with Crippen molar-refractivity contribution in [3.05, 3.63) is 29.8 Å². The van der Waals surface area contributed by atoms with Gasteiger partial charge in [0.1, 0.15) is 0 Å². The number of esters is 1. The first-order chi connectivity index (χ1) is 13.6. The second-order valence-corrected chi connectivity index (χ2v) is 9.34. The van der Waals surface area contributed by atoms with Crippen LogP contribution in [0.5, 0.6) is 0 Å². The van der Waals surface area contributed by atoms with Crippen molar-refractivity contribution in [1.82, 2.24) is 9.62 Å².